The normalized spacial score (nSPS) is 19.5. The molecule has 1 saturated carbocycles. The highest BCUT2D eigenvalue weighted by molar-refractivity contribution is 5.98. The third kappa shape index (κ3) is 4.77. The summed E-state index contributed by atoms with van der Waals surface area (Å²) in [6.45, 7) is 5.55. The molecule has 144 valence electrons. The van der Waals surface area contributed by atoms with Gasteiger partial charge in [-0.1, -0.05) is 25.7 Å². The Morgan fingerprint density at radius 3 is 2.81 bits per heavy atom. The fourth-order valence-electron chi connectivity index (χ4n) is 3.96. The summed E-state index contributed by atoms with van der Waals surface area (Å²) in [5.74, 6) is 1.89. The second-order valence-corrected chi connectivity index (χ2v) is 7.37. The van der Waals surface area contributed by atoms with E-state index in [9.17, 15) is 4.79 Å². The number of hydrogen-bond acceptors (Lipinski definition) is 3. The lowest BCUT2D eigenvalue weighted by Crippen LogP contribution is -2.55. The van der Waals surface area contributed by atoms with Gasteiger partial charge in [-0.2, -0.15) is 5.10 Å². The van der Waals surface area contributed by atoms with Crippen molar-refractivity contribution in [2.45, 2.75) is 45.4 Å². The van der Waals surface area contributed by atoms with Crippen LogP contribution in [0.2, 0.25) is 0 Å². The van der Waals surface area contributed by atoms with Gasteiger partial charge in [-0.3, -0.25) is 14.5 Å². The van der Waals surface area contributed by atoms with Crippen molar-refractivity contribution in [3.63, 3.8) is 0 Å². The fourth-order valence-corrected chi connectivity index (χ4v) is 3.96. The van der Waals surface area contributed by atoms with E-state index >= 15 is 0 Å². The zero-order chi connectivity index (χ0) is 18.4. The summed E-state index contributed by atoms with van der Waals surface area (Å²) in [5, 5.41) is 7.51. The standard InChI is InChI=1S/C19H32N6O/c1-3-20-19(21-10-6-9-16-7-4-5-8-16)24-11-12-25(18(26)15-24)17-13-22-23(2)14-17/h13-14,16H,3-12,15H2,1-2H3,(H,20,21). The molecule has 2 fully saturated rings. The molecular weight excluding hydrogens is 328 g/mol. The van der Waals surface area contributed by atoms with E-state index in [1.54, 1.807) is 10.9 Å². The van der Waals surface area contributed by atoms with Crippen LogP contribution in [0.5, 0.6) is 0 Å². The van der Waals surface area contributed by atoms with Crippen molar-refractivity contribution in [2.24, 2.45) is 18.0 Å². The van der Waals surface area contributed by atoms with E-state index < -0.39 is 0 Å². The van der Waals surface area contributed by atoms with E-state index in [0.717, 1.165) is 43.6 Å². The highest BCUT2D eigenvalue weighted by Crippen LogP contribution is 2.28. The molecule has 2 aliphatic rings. The summed E-state index contributed by atoms with van der Waals surface area (Å²) in [6, 6.07) is 0. The van der Waals surface area contributed by atoms with E-state index in [1.807, 2.05) is 18.1 Å². The van der Waals surface area contributed by atoms with Gasteiger partial charge in [0.1, 0.15) is 6.54 Å². The van der Waals surface area contributed by atoms with Crippen molar-refractivity contribution in [3.8, 4) is 0 Å². The zero-order valence-corrected chi connectivity index (χ0v) is 16.2. The fraction of sp³-hybridized carbons (Fsp3) is 0.737. The van der Waals surface area contributed by atoms with Gasteiger partial charge in [0.25, 0.3) is 0 Å². The van der Waals surface area contributed by atoms with Gasteiger partial charge in [-0.15, -0.1) is 0 Å². The van der Waals surface area contributed by atoms with Gasteiger partial charge in [0.2, 0.25) is 5.91 Å². The second-order valence-electron chi connectivity index (χ2n) is 7.37. The van der Waals surface area contributed by atoms with Crippen molar-refractivity contribution in [3.05, 3.63) is 12.4 Å². The number of hydrogen-bond donors (Lipinski definition) is 1. The predicted molar refractivity (Wildman–Crippen MR) is 104 cm³/mol. The summed E-state index contributed by atoms with van der Waals surface area (Å²) in [4.78, 5) is 21.3. The molecule has 1 aliphatic carbocycles. The number of piperazine rings is 1. The second kappa shape index (κ2) is 9.05. The number of anilines is 1. The molecule has 1 amide bonds. The maximum Gasteiger partial charge on any atom is 0.246 e. The van der Waals surface area contributed by atoms with E-state index in [-0.39, 0.29) is 5.91 Å². The molecule has 26 heavy (non-hydrogen) atoms. The molecule has 7 heteroatoms. The lowest BCUT2D eigenvalue weighted by molar-refractivity contribution is -0.120. The van der Waals surface area contributed by atoms with Crippen LogP contribution in [-0.4, -0.2) is 59.3 Å². The first-order valence-electron chi connectivity index (χ1n) is 9.99. The number of aliphatic imine (C=N–C) groups is 1. The highest BCUT2D eigenvalue weighted by Gasteiger charge is 2.27. The van der Waals surface area contributed by atoms with Crippen LogP contribution in [0, 0.1) is 5.92 Å². The number of guanidine groups is 1. The number of aromatic nitrogens is 2. The maximum atomic E-state index is 12.6. The molecule has 0 aromatic carbocycles. The van der Waals surface area contributed by atoms with Crippen LogP contribution < -0.4 is 10.2 Å². The van der Waals surface area contributed by atoms with Crippen LogP contribution in [0.3, 0.4) is 0 Å². The van der Waals surface area contributed by atoms with Gasteiger partial charge < -0.3 is 15.1 Å². The minimum absolute atomic E-state index is 0.0980. The van der Waals surface area contributed by atoms with Crippen molar-refractivity contribution >= 4 is 17.6 Å². The first-order chi connectivity index (χ1) is 12.7. The molecule has 0 radical (unpaired) electrons. The highest BCUT2D eigenvalue weighted by atomic mass is 16.2. The molecule has 0 atom stereocenters. The molecule has 1 saturated heterocycles. The van der Waals surface area contributed by atoms with Crippen LogP contribution in [0.25, 0.3) is 0 Å². The predicted octanol–water partition coefficient (Wildman–Crippen LogP) is 2.00. The van der Waals surface area contributed by atoms with Crippen molar-refractivity contribution in [1.82, 2.24) is 20.0 Å². The SMILES string of the molecule is CCNC(=NCCCC1CCCC1)N1CCN(c2cnn(C)c2)C(=O)C1. The average molecular weight is 361 g/mol. The number of aryl methyl sites for hydroxylation is 1. The number of nitrogens with zero attached hydrogens (tertiary/aromatic N) is 5. The number of carbonyl (C=O) groups is 1. The molecule has 1 aromatic heterocycles. The largest absolute Gasteiger partial charge is 0.357 e. The third-order valence-electron chi connectivity index (χ3n) is 5.36. The zero-order valence-electron chi connectivity index (χ0n) is 16.2. The summed E-state index contributed by atoms with van der Waals surface area (Å²) in [5.41, 5.74) is 0.871. The van der Waals surface area contributed by atoms with Gasteiger partial charge >= 0.3 is 0 Å². The van der Waals surface area contributed by atoms with Gasteiger partial charge in [-0.25, -0.2) is 0 Å². The Kier molecular flexibility index (Phi) is 6.52. The molecule has 1 N–H and O–H groups in total. The Balaban J connectivity index is 1.52. The molecular formula is C19H32N6O. The van der Waals surface area contributed by atoms with Crippen molar-refractivity contribution in [1.29, 1.82) is 0 Å². The summed E-state index contributed by atoms with van der Waals surface area (Å²) in [6.07, 6.45) is 11.7. The summed E-state index contributed by atoms with van der Waals surface area (Å²) >= 11 is 0. The average Bonchev–Trinajstić information content (AvgIpc) is 3.29. The molecule has 0 bridgehead atoms. The maximum absolute atomic E-state index is 12.6. The number of rotatable bonds is 6. The minimum atomic E-state index is 0.0980. The van der Waals surface area contributed by atoms with E-state index in [4.69, 9.17) is 4.99 Å². The molecule has 3 rings (SSSR count). The Hall–Kier alpha value is -2.05. The van der Waals surface area contributed by atoms with Gasteiger partial charge in [0.05, 0.1) is 11.9 Å². The van der Waals surface area contributed by atoms with E-state index in [2.05, 4.69) is 22.2 Å². The topological polar surface area (TPSA) is 65.8 Å². The lowest BCUT2D eigenvalue weighted by Gasteiger charge is -2.35. The van der Waals surface area contributed by atoms with Crippen LogP contribution >= 0.6 is 0 Å². The number of carbonyl (C=O) groups excluding carboxylic acids is 1. The third-order valence-corrected chi connectivity index (χ3v) is 5.36. The van der Waals surface area contributed by atoms with Crippen molar-refractivity contribution < 1.29 is 4.79 Å². The van der Waals surface area contributed by atoms with Crippen LogP contribution in [0.1, 0.15) is 45.4 Å². The van der Waals surface area contributed by atoms with Crippen LogP contribution in [0.15, 0.2) is 17.4 Å². The van der Waals surface area contributed by atoms with Crippen molar-refractivity contribution in [2.75, 3.05) is 37.6 Å². The molecule has 1 aromatic rings. The first kappa shape index (κ1) is 18.7. The molecule has 7 nitrogen and oxygen atoms in total. The number of nitrogens with one attached hydrogen (secondary N) is 1. The van der Waals surface area contributed by atoms with Crippen LogP contribution in [0.4, 0.5) is 5.69 Å². The monoisotopic (exact) mass is 360 g/mol. The number of amides is 1. The lowest BCUT2D eigenvalue weighted by atomic mass is 10.0. The molecule has 2 heterocycles. The Labute approximate surface area is 156 Å². The van der Waals surface area contributed by atoms with Gasteiger partial charge in [0.15, 0.2) is 5.96 Å². The smallest absolute Gasteiger partial charge is 0.246 e. The van der Waals surface area contributed by atoms with E-state index in [0.29, 0.717) is 13.1 Å². The Morgan fingerprint density at radius 1 is 1.35 bits per heavy atom. The van der Waals surface area contributed by atoms with Gasteiger partial charge in [-0.05, 0) is 25.7 Å². The first-order valence-corrected chi connectivity index (χ1v) is 9.99. The Morgan fingerprint density at radius 2 is 2.15 bits per heavy atom. The summed E-state index contributed by atoms with van der Waals surface area (Å²) in [7, 11) is 1.87. The molecule has 0 spiro atoms. The van der Waals surface area contributed by atoms with Gasteiger partial charge in [0, 0.05) is 39.4 Å². The minimum Gasteiger partial charge on any atom is -0.357 e. The molecule has 0 unspecified atom stereocenters. The quantitative estimate of drug-likeness (QED) is 0.479. The van der Waals surface area contributed by atoms with E-state index in [1.165, 1.54) is 32.1 Å². The Bertz CT molecular complexity index is 619. The molecule has 1 aliphatic heterocycles. The van der Waals surface area contributed by atoms with Crippen LogP contribution in [-0.2, 0) is 11.8 Å². The summed E-state index contributed by atoms with van der Waals surface area (Å²) < 4.78 is 1.73.